The van der Waals surface area contributed by atoms with E-state index in [-0.39, 0.29) is 0 Å². The minimum Gasteiger partial charge on any atom is -0.0651 e. The van der Waals surface area contributed by atoms with Gasteiger partial charge in [-0.3, -0.25) is 0 Å². The quantitative estimate of drug-likeness (QED) is 0.577. The maximum atomic E-state index is 2.57. The predicted octanol–water partition coefficient (Wildman–Crippen LogP) is 4.49. The first kappa shape index (κ1) is 10.5. The van der Waals surface area contributed by atoms with Crippen molar-refractivity contribution in [2.75, 3.05) is 0 Å². The van der Waals surface area contributed by atoms with Gasteiger partial charge in [0.05, 0.1) is 0 Å². The third kappa shape index (κ3) is 1.33. The van der Waals surface area contributed by atoms with Crippen LogP contribution in [0.5, 0.6) is 0 Å². The molecule has 0 N–H and O–H groups in total. The van der Waals surface area contributed by atoms with Gasteiger partial charge in [-0.25, -0.2) is 0 Å². The van der Waals surface area contributed by atoms with Gasteiger partial charge < -0.3 is 0 Å². The van der Waals surface area contributed by atoms with E-state index < -0.39 is 0 Å². The van der Waals surface area contributed by atoms with E-state index in [0.717, 1.165) is 23.7 Å². The van der Waals surface area contributed by atoms with E-state index in [2.05, 4.69) is 27.7 Å². The highest BCUT2D eigenvalue weighted by Gasteiger charge is 2.50. The van der Waals surface area contributed by atoms with Gasteiger partial charge >= 0.3 is 0 Å². The van der Waals surface area contributed by atoms with Crippen LogP contribution in [0, 0.1) is 29.1 Å². The molecule has 5 atom stereocenters. The summed E-state index contributed by atoms with van der Waals surface area (Å²) in [5.41, 5.74) is 0.702. The molecule has 2 rings (SSSR count). The molecular weight excluding hydrogens is 168 g/mol. The molecule has 1 unspecified atom stereocenters. The van der Waals surface area contributed by atoms with E-state index in [1.165, 1.54) is 32.1 Å². The first-order valence-electron chi connectivity index (χ1n) is 6.59. The molecule has 0 aliphatic heterocycles. The van der Waals surface area contributed by atoms with Gasteiger partial charge in [0.15, 0.2) is 0 Å². The van der Waals surface area contributed by atoms with Crippen molar-refractivity contribution in [1.29, 1.82) is 0 Å². The predicted molar refractivity (Wildman–Crippen MR) is 62.2 cm³/mol. The first-order chi connectivity index (χ1) is 6.59. The molecule has 14 heavy (non-hydrogen) atoms. The second-order valence-corrected chi connectivity index (χ2v) is 6.18. The summed E-state index contributed by atoms with van der Waals surface area (Å²) in [6.07, 6.45) is 7.39. The van der Waals surface area contributed by atoms with E-state index in [4.69, 9.17) is 0 Å². The van der Waals surface area contributed by atoms with E-state index in [9.17, 15) is 0 Å². The number of fused-ring (bicyclic) bond motifs is 1. The Morgan fingerprint density at radius 3 is 2.50 bits per heavy atom. The summed E-state index contributed by atoms with van der Waals surface area (Å²) >= 11 is 0. The highest BCUT2D eigenvalue weighted by Crippen LogP contribution is 2.59. The van der Waals surface area contributed by atoms with Crippen molar-refractivity contribution in [2.45, 2.75) is 59.8 Å². The Labute approximate surface area is 89.5 Å². The van der Waals surface area contributed by atoms with Crippen LogP contribution >= 0.6 is 0 Å². The molecule has 2 saturated carbocycles. The summed E-state index contributed by atoms with van der Waals surface area (Å²) in [4.78, 5) is 0. The van der Waals surface area contributed by atoms with Crippen molar-refractivity contribution in [2.24, 2.45) is 29.1 Å². The maximum Gasteiger partial charge on any atom is -0.0269 e. The van der Waals surface area contributed by atoms with Gasteiger partial charge in [-0.2, -0.15) is 0 Å². The van der Waals surface area contributed by atoms with Gasteiger partial charge in [-0.1, -0.05) is 34.1 Å². The largest absolute Gasteiger partial charge is 0.0651 e. The lowest BCUT2D eigenvalue weighted by Crippen LogP contribution is -2.39. The van der Waals surface area contributed by atoms with Gasteiger partial charge in [0.25, 0.3) is 0 Å². The summed E-state index contributed by atoms with van der Waals surface area (Å²) in [5.74, 6) is 4.04. The van der Waals surface area contributed by atoms with Crippen LogP contribution in [-0.2, 0) is 0 Å². The highest BCUT2D eigenvalue weighted by molar-refractivity contribution is 4.99. The fourth-order valence-electron chi connectivity index (χ4n) is 4.43. The maximum absolute atomic E-state index is 2.57. The van der Waals surface area contributed by atoms with Gasteiger partial charge in [0.1, 0.15) is 0 Å². The van der Waals surface area contributed by atoms with Crippen LogP contribution in [0.25, 0.3) is 0 Å². The molecule has 0 radical (unpaired) electrons. The second-order valence-electron chi connectivity index (χ2n) is 6.18. The molecule has 0 aromatic carbocycles. The average Bonchev–Trinajstić information content (AvgIpc) is 2.45. The molecule has 0 bridgehead atoms. The molecule has 0 saturated heterocycles. The molecule has 0 amide bonds. The lowest BCUT2D eigenvalue weighted by Gasteiger charge is -2.47. The number of hydrogen-bond donors (Lipinski definition) is 0. The van der Waals surface area contributed by atoms with Crippen LogP contribution in [0.3, 0.4) is 0 Å². The van der Waals surface area contributed by atoms with Gasteiger partial charge in [-0.15, -0.1) is 0 Å². The van der Waals surface area contributed by atoms with E-state index in [1.54, 1.807) is 0 Å². The molecule has 0 spiro atoms. The number of hydrogen-bond acceptors (Lipinski definition) is 0. The van der Waals surface area contributed by atoms with Crippen molar-refractivity contribution in [3.05, 3.63) is 0 Å². The Morgan fingerprint density at radius 2 is 1.86 bits per heavy atom. The fourth-order valence-corrected chi connectivity index (χ4v) is 4.43. The lowest BCUT2D eigenvalue weighted by atomic mass is 9.58. The van der Waals surface area contributed by atoms with Crippen molar-refractivity contribution in [3.63, 3.8) is 0 Å². The zero-order valence-electron chi connectivity index (χ0n) is 10.3. The third-order valence-corrected chi connectivity index (χ3v) is 5.74. The normalized spacial score (nSPS) is 53.1. The van der Waals surface area contributed by atoms with Crippen LogP contribution in [0.15, 0.2) is 0 Å². The van der Waals surface area contributed by atoms with Crippen molar-refractivity contribution >= 4 is 0 Å². The van der Waals surface area contributed by atoms with E-state index >= 15 is 0 Å². The minimum absolute atomic E-state index is 0.702. The summed E-state index contributed by atoms with van der Waals surface area (Å²) in [6, 6.07) is 0. The average molecular weight is 194 g/mol. The fraction of sp³-hybridized carbons (Fsp3) is 1.00. The van der Waals surface area contributed by atoms with Crippen LogP contribution < -0.4 is 0 Å². The minimum atomic E-state index is 0.702. The Morgan fingerprint density at radius 1 is 1.14 bits per heavy atom. The topological polar surface area (TPSA) is 0 Å². The Bertz CT molecular complexity index is 208. The van der Waals surface area contributed by atoms with Crippen LogP contribution in [-0.4, -0.2) is 0 Å². The summed E-state index contributed by atoms with van der Waals surface area (Å²) < 4.78 is 0. The molecule has 2 aliphatic carbocycles. The van der Waals surface area contributed by atoms with Crippen LogP contribution in [0.2, 0.25) is 0 Å². The van der Waals surface area contributed by atoms with Gasteiger partial charge in [0, 0.05) is 0 Å². The molecule has 0 nitrogen and oxygen atoms in total. The molecule has 82 valence electrons. The monoisotopic (exact) mass is 194 g/mol. The highest BCUT2D eigenvalue weighted by atomic mass is 14.5. The molecule has 2 fully saturated rings. The van der Waals surface area contributed by atoms with E-state index in [0.29, 0.717) is 5.41 Å². The molecule has 0 aromatic heterocycles. The third-order valence-electron chi connectivity index (χ3n) is 5.74. The lowest BCUT2D eigenvalue weighted by molar-refractivity contribution is 0.0211. The van der Waals surface area contributed by atoms with Gasteiger partial charge in [0.2, 0.25) is 0 Å². The van der Waals surface area contributed by atoms with Gasteiger partial charge in [-0.05, 0) is 54.8 Å². The molecule has 0 heterocycles. The second kappa shape index (κ2) is 3.54. The standard InChI is InChI=1S/C14H26/c1-5-12-10(2)8-9-14(4)11(3)6-7-13(12)14/h10-13H,5-9H2,1-4H3/t10-,11?,12+,13-,14+/m0/s1. The molecule has 2 aliphatic rings. The van der Waals surface area contributed by atoms with Crippen molar-refractivity contribution in [3.8, 4) is 0 Å². The van der Waals surface area contributed by atoms with Crippen LogP contribution in [0.4, 0.5) is 0 Å². The molecule has 0 heteroatoms. The SMILES string of the molecule is CC[C@@H]1[C@@H](C)CC[C@]2(C)C(C)CC[C@@H]12. The smallest absolute Gasteiger partial charge is 0.0269 e. The Kier molecular flexibility index (Phi) is 2.66. The van der Waals surface area contributed by atoms with Crippen molar-refractivity contribution < 1.29 is 0 Å². The van der Waals surface area contributed by atoms with Crippen molar-refractivity contribution in [1.82, 2.24) is 0 Å². The van der Waals surface area contributed by atoms with E-state index in [1.807, 2.05) is 0 Å². The zero-order valence-corrected chi connectivity index (χ0v) is 10.3. The Hall–Kier alpha value is 0. The Balaban J connectivity index is 2.21. The number of rotatable bonds is 1. The summed E-state index contributed by atoms with van der Waals surface area (Å²) in [6.45, 7) is 9.94. The summed E-state index contributed by atoms with van der Waals surface area (Å²) in [7, 11) is 0. The molecular formula is C14H26. The summed E-state index contributed by atoms with van der Waals surface area (Å²) in [5, 5.41) is 0. The van der Waals surface area contributed by atoms with Crippen LogP contribution in [0.1, 0.15) is 59.8 Å². The zero-order chi connectivity index (χ0) is 10.3. The first-order valence-corrected chi connectivity index (χ1v) is 6.59. The molecule has 0 aromatic rings.